The summed E-state index contributed by atoms with van der Waals surface area (Å²) in [6, 6.07) is 1.83. The first kappa shape index (κ1) is 8.27. The quantitative estimate of drug-likeness (QED) is 0.650. The van der Waals surface area contributed by atoms with Crippen molar-refractivity contribution in [3.05, 3.63) is 11.8 Å². The Hall–Kier alpha value is -1.83. The van der Waals surface area contributed by atoms with Gasteiger partial charge in [0.05, 0.1) is 6.20 Å². The van der Waals surface area contributed by atoms with Gasteiger partial charge in [0.25, 0.3) is 0 Å². The zero-order valence-corrected chi connectivity index (χ0v) is 6.61. The van der Waals surface area contributed by atoms with Crippen LogP contribution >= 0.6 is 0 Å². The van der Waals surface area contributed by atoms with E-state index < -0.39 is 0 Å². The first-order chi connectivity index (χ1) is 5.70. The number of hydrogen-bond acceptors (Lipinski definition) is 4. The van der Waals surface area contributed by atoms with E-state index in [4.69, 9.17) is 11.0 Å². The van der Waals surface area contributed by atoms with Crippen LogP contribution in [0.25, 0.3) is 0 Å². The number of nitrogen functional groups attached to an aromatic ring is 1. The largest absolute Gasteiger partial charge is 0.382 e. The molecule has 0 radical (unpaired) electrons. The summed E-state index contributed by atoms with van der Waals surface area (Å²) < 4.78 is 1.04. The van der Waals surface area contributed by atoms with Gasteiger partial charge in [0.1, 0.15) is 17.5 Å². The van der Waals surface area contributed by atoms with Gasteiger partial charge in [0.2, 0.25) is 5.91 Å². The third-order valence-electron chi connectivity index (χ3n) is 1.47. The minimum atomic E-state index is -0.214. The maximum absolute atomic E-state index is 11.1. The van der Waals surface area contributed by atoms with Crippen LogP contribution in [0.2, 0.25) is 0 Å². The molecule has 0 saturated carbocycles. The van der Waals surface area contributed by atoms with Crippen LogP contribution in [-0.2, 0) is 0 Å². The molecule has 62 valence electrons. The van der Waals surface area contributed by atoms with E-state index in [0.29, 0.717) is 6.42 Å². The fourth-order valence-electron chi connectivity index (χ4n) is 0.793. The van der Waals surface area contributed by atoms with Crippen LogP contribution in [0.1, 0.15) is 23.7 Å². The van der Waals surface area contributed by atoms with E-state index in [0.717, 1.165) is 4.68 Å². The third kappa shape index (κ3) is 1.14. The molecule has 0 spiro atoms. The van der Waals surface area contributed by atoms with E-state index in [9.17, 15) is 4.79 Å². The average Bonchev–Trinajstić information content (AvgIpc) is 2.45. The van der Waals surface area contributed by atoms with Crippen molar-refractivity contribution in [3.63, 3.8) is 0 Å². The lowest BCUT2D eigenvalue weighted by Gasteiger charge is -1.97. The van der Waals surface area contributed by atoms with Crippen molar-refractivity contribution in [2.75, 3.05) is 5.73 Å². The van der Waals surface area contributed by atoms with Crippen LogP contribution in [0, 0.1) is 11.3 Å². The van der Waals surface area contributed by atoms with Crippen molar-refractivity contribution < 1.29 is 4.79 Å². The molecule has 2 N–H and O–H groups in total. The minimum absolute atomic E-state index is 0.115. The predicted molar refractivity (Wildman–Crippen MR) is 42.3 cm³/mol. The normalized spacial score (nSPS) is 9.33. The number of anilines is 1. The minimum Gasteiger partial charge on any atom is -0.382 e. The Kier molecular flexibility index (Phi) is 2.10. The van der Waals surface area contributed by atoms with Gasteiger partial charge in [-0.1, -0.05) is 6.92 Å². The van der Waals surface area contributed by atoms with Crippen molar-refractivity contribution in [2.45, 2.75) is 13.3 Å². The monoisotopic (exact) mass is 164 g/mol. The summed E-state index contributed by atoms with van der Waals surface area (Å²) in [7, 11) is 0. The van der Waals surface area contributed by atoms with Crippen LogP contribution in [-0.4, -0.2) is 15.7 Å². The van der Waals surface area contributed by atoms with E-state index in [1.54, 1.807) is 6.92 Å². The summed E-state index contributed by atoms with van der Waals surface area (Å²) in [5, 5.41) is 12.2. The van der Waals surface area contributed by atoms with Crippen molar-refractivity contribution >= 4 is 11.7 Å². The van der Waals surface area contributed by atoms with Crippen LogP contribution in [0.4, 0.5) is 5.82 Å². The van der Waals surface area contributed by atoms with Crippen LogP contribution in [0.3, 0.4) is 0 Å². The maximum atomic E-state index is 11.1. The topological polar surface area (TPSA) is 84.7 Å². The molecule has 1 rings (SSSR count). The molecule has 0 amide bonds. The van der Waals surface area contributed by atoms with Gasteiger partial charge in [-0.2, -0.15) is 15.0 Å². The molecule has 0 aliphatic heterocycles. The highest BCUT2D eigenvalue weighted by Gasteiger charge is 2.10. The van der Waals surface area contributed by atoms with Crippen molar-refractivity contribution in [1.82, 2.24) is 9.78 Å². The zero-order valence-electron chi connectivity index (χ0n) is 6.61. The Morgan fingerprint density at radius 1 is 1.92 bits per heavy atom. The number of rotatable bonds is 1. The zero-order chi connectivity index (χ0) is 9.14. The van der Waals surface area contributed by atoms with Crippen LogP contribution in [0.15, 0.2) is 6.20 Å². The number of nitrogens with two attached hydrogens (primary N) is 1. The summed E-state index contributed by atoms with van der Waals surface area (Å²) in [4.78, 5) is 11.1. The molecule has 0 aliphatic rings. The molecule has 1 aromatic heterocycles. The van der Waals surface area contributed by atoms with Gasteiger partial charge in [-0.15, -0.1) is 0 Å². The summed E-state index contributed by atoms with van der Waals surface area (Å²) in [6.07, 6.45) is 1.60. The van der Waals surface area contributed by atoms with E-state index in [-0.39, 0.29) is 17.3 Å². The van der Waals surface area contributed by atoms with E-state index in [2.05, 4.69) is 5.10 Å². The molecule has 0 fully saturated rings. The molecule has 0 bridgehead atoms. The molecule has 0 atom stereocenters. The third-order valence-corrected chi connectivity index (χ3v) is 1.47. The molecule has 12 heavy (non-hydrogen) atoms. The van der Waals surface area contributed by atoms with Gasteiger partial charge in [0.15, 0.2) is 0 Å². The fraction of sp³-hybridized carbons (Fsp3) is 0.286. The molecule has 1 heterocycles. The van der Waals surface area contributed by atoms with E-state index in [1.165, 1.54) is 6.20 Å². The highest BCUT2D eigenvalue weighted by molar-refractivity contribution is 5.81. The lowest BCUT2D eigenvalue weighted by molar-refractivity contribution is 0.0896. The van der Waals surface area contributed by atoms with Crippen LogP contribution < -0.4 is 5.73 Å². The summed E-state index contributed by atoms with van der Waals surface area (Å²) in [5.41, 5.74) is 5.68. The van der Waals surface area contributed by atoms with Gasteiger partial charge in [-0.05, 0) is 0 Å². The Balaban J connectivity index is 3.12. The second-order valence-electron chi connectivity index (χ2n) is 2.21. The average molecular weight is 164 g/mol. The number of nitriles is 1. The highest BCUT2D eigenvalue weighted by Crippen LogP contribution is 2.09. The second-order valence-corrected chi connectivity index (χ2v) is 2.21. The van der Waals surface area contributed by atoms with Gasteiger partial charge in [-0.25, -0.2) is 0 Å². The standard InChI is InChI=1S/C7H8N4O/c1-2-6(12)11-7(9)5(3-8)4-10-11/h4H,2,9H2,1H3. The number of carbonyl (C=O) groups is 1. The first-order valence-corrected chi connectivity index (χ1v) is 3.47. The summed E-state index contributed by atoms with van der Waals surface area (Å²) in [5.74, 6) is -0.0987. The fourth-order valence-corrected chi connectivity index (χ4v) is 0.793. The molecule has 0 aliphatic carbocycles. The Bertz CT molecular complexity index is 347. The van der Waals surface area contributed by atoms with Crippen molar-refractivity contribution in [3.8, 4) is 6.07 Å². The number of carbonyl (C=O) groups excluding carboxylic acids is 1. The Morgan fingerprint density at radius 2 is 2.58 bits per heavy atom. The maximum Gasteiger partial charge on any atom is 0.248 e. The summed E-state index contributed by atoms with van der Waals surface area (Å²) in [6.45, 7) is 1.70. The molecule has 5 heteroatoms. The lowest BCUT2D eigenvalue weighted by Crippen LogP contribution is -2.13. The number of hydrogen-bond donors (Lipinski definition) is 1. The van der Waals surface area contributed by atoms with Crippen molar-refractivity contribution in [2.24, 2.45) is 0 Å². The molecular weight excluding hydrogens is 156 g/mol. The van der Waals surface area contributed by atoms with Gasteiger partial charge < -0.3 is 5.73 Å². The molecule has 0 saturated heterocycles. The summed E-state index contributed by atoms with van der Waals surface area (Å²) >= 11 is 0. The Labute approximate surface area is 69.4 Å². The van der Waals surface area contributed by atoms with Crippen LogP contribution in [0.5, 0.6) is 0 Å². The first-order valence-electron chi connectivity index (χ1n) is 3.47. The van der Waals surface area contributed by atoms with E-state index in [1.807, 2.05) is 6.07 Å². The lowest BCUT2D eigenvalue weighted by atomic mass is 10.3. The predicted octanol–water partition coefficient (Wildman–Crippen LogP) is 0.387. The second kappa shape index (κ2) is 3.05. The van der Waals surface area contributed by atoms with E-state index >= 15 is 0 Å². The number of nitrogens with zero attached hydrogens (tertiary/aromatic N) is 3. The number of aromatic nitrogens is 2. The molecule has 1 aromatic rings. The van der Waals surface area contributed by atoms with Gasteiger partial charge >= 0.3 is 0 Å². The SMILES string of the molecule is CCC(=O)n1ncc(C#N)c1N. The highest BCUT2D eigenvalue weighted by atomic mass is 16.2. The van der Waals surface area contributed by atoms with Gasteiger partial charge in [0, 0.05) is 6.42 Å². The molecule has 0 aromatic carbocycles. The molecule has 0 unspecified atom stereocenters. The van der Waals surface area contributed by atoms with Crippen molar-refractivity contribution in [1.29, 1.82) is 5.26 Å². The molecular formula is C7H8N4O. The Morgan fingerprint density at radius 3 is 3.00 bits per heavy atom. The smallest absolute Gasteiger partial charge is 0.248 e. The molecule has 5 nitrogen and oxygen atoms in total. The van der Waals surface area contributed by atoms with Gasteiger partial charge in [-0.3, -0.25) is 4.79 Å².